The number of rotatable bonds is 2. The average Bonchev–Trinajstić information content (AvgIpc) is 2.31. The van der Waals surface area contributed by atoms with Crippen LogP contribution in [0.3, 0.4) is 0 Å². The Morgan fingerprint density at radius 1 is 1.10 bits per heavy atom. The quantitative estimate of drug-likeness (QED) is 0.801. The Kier molecular flexibility index (Phi) is 4.21. The van der Waals surface area contributed by atoms with Crippen molar-refractivity contribution in [3.63, 3.8) is 0 Å². The molecule has 0 aromatic rings. The summed E-state index contributed by atoms with van der Waals surface area (Å²) in [5, 5.41) is 0. The molecule has 0 spiro atoms. The fraction of sp³-hybridized carbons (Fsp3) is 1.00. The second kappa shape index (κ2) is 5.21. The first-order chi connectivity index (χ1) is 9.05. The van der Waals surface area contributed by atoms with Crippen LogP contribution < -0.4 is 5.73 Å². The minimum absolute atomic E-state index is 0.0510. The summed E-state index contributed by atoms with van der Waals surface area (Å²) in [6.07, 6.45) is 0.708. The van der Waals surface area contributed by atoms with Crippen molar-refractivity contribution in [2.24, 2.45) is 11.1 Å². The first-order valence-electron chi connectivity index (χ1n) is 7.19. The van der Waals surface area contributed by atoms with Crippen molar-refractivity contribution in [3.05, 3.63) is 0 Å². The number of piperidine rings is 1. The van der Waals surface area contributed by atoms with Gasteiger partial charge in [-0.15, -0.1) is 0 Å². The fourth-order valence-corrected chi connectivity index (χ4v) is 4.79. The first-order valence-corrected chi connectivity index (χ1v) is 8.59. The van der Waals surface area contributed by atoms with Gasteiger partial charge in [0.25, 0.3) is 10.2 Å². The summed E-state index contributed by atoms with van der Waals surface area (Å²) in [6, 6.07) is 0.0510. The molecule has 118 valence electrons. The third kappa shape index (κ3) is 3.17. The van der Waals surface area contributed by atoms with Crippen molar-refractivity contribution in [2.75, 3.05) is 32.8 Å². The minimum atomic E-state index is -3.42. The molecule has 20 heavy (non-hydrogen) atoms. The van der Waals surface area contributed by atoms with E-state index in [2.05, 4.69) is 0 Å². The molecular formula is C13H27N3O3S. The molecule has 2 rings (SSSR count). The lowest BCUT2D eigenvalue weighted by Crippen LogP contribution is -2.59. The number of hydrogen-bond acceptors (Lipinski definition) is 4. The summed E-state index contributed by atoms with van der Waals surface area (Å²) < 4.78 is 34.3. The molecule has 0 aromatic carbocycles. The van der Waals surface area contributed by atoms with Gasteiger partial charge in [-0.05, 0) is 25.7 Å². The predicted molar refractivity (Wildman–Crippen MR) is 78.5 cm³/mol. The van der Waals surface area contributed by atoms with Crippen LogP contribution in [0.25, 0.3) is 0 Å². The van der Waals surface area contributed by atoms with E-state index in [4.69, 9.17) is 10.5 Å². The molecule has 6 nitrogen and oxygen atoms in total. The Morgan fingerprint density at radius 2 is 1.70 bits per heavy atom. The molecule has 2 N–H and O–H groups in total. The van der Waals surface area contributed by atoms with Crippen LogP contribution >= 0.6 is 0 Å². The smallest absolute Gasteiger partial charge is 0.282 e. The molecule has 1 atom stereocenters. The number of ether oxygens (including phenoxy) is 1. The zero-order chi connectivity index (χ0) is 15.2. The molecule has 0 radical (unpaired) electrons. The van der Waals surface area contributed by atoms with Gasteiger partial charge in [0.2, 0.25) is 0 Å². The first kappa shape index (κ1) is 16.2. The van der Waals surface area contributed by atoms with Crippen LogP contribution in [-0.4, -0.2) is 61.5 Å². The van der Waals surface area contributed by atoms with Gasteiger partial charge >= 0.3 is 0 Å². The van der Waals surface area contributed by atoms with E-state index in [0.29, 0.717) is 39.2 Å². The summed E-state index contributed by atoms with van der Waals surface area (Å²) in [5.74, 6) is 0. The maximum atomic E-state index is 12.8. The van der Waals surface area contributed by atoms with E-state index in [9.17, 15) is 8.42 Å². The normalized spacial score (nSPS) is 32.1. The summed E-state index contributed by atoms with van der Waals surface area (Å²) in [4.78, 5) is 0. The van der Waals surface area contributed by atoms with Crippen molar-refractivity contribution in [1.29, 1.82) is 0 Å². The van der Waals surface area contributed by atoms with Crippen molar-refractivity contribution in [2.45, 2.75) is 45.8 Å². The molecule has 0 amide bonds. The second-order valence-electron chi connectivity index (χ2n) is 7.17. The fourth-order valence-electron chi connectivity index (χ4n) is 2.85. The van der Waals surface area contributed by atoms with Gasteiger partial charge in [-0.1, -0.05) is 13.8 Å². The summed E-state index contributed by atoms with van der Waals surface area (Å²) in [5.41, 5.74) is 5.47. The molecule has 0 aromatic heterocycles. The highest BCUT2D eigenvalue weighted by molar-refractivity contribution is 7.86. The van der Waals surface area contributed by atoms with Gasteiger partial charge in [-0.25, -0.2) is 0 Å². The van der Waals surface area contributed by atoms with Crippen LogP contribution in [-0.2, 0) is 14.9 Å². The lowest BCUT2D eigenvalue weighted by molar-refractivity contribution is -0.0656. The van der Waals surface area contributed by atoms with Crippen LogP contribution in [0.5, 0.6) is 0 Å². The Hall–Kier alpha value is -0.210. The van der Waals surface area contributed by atoms with Crippen LogP contribution in [0, 0.1) is 5.41 Å². The van der Waals surface area contributed by atoms with E-state index in [1.54, 1.807) is 8.61 Å². The van der Waals surface area contributed by atoms with E-state index in [0.717, 1.165) is 0 Å². The highest BCUT2D eigenvalue weighted by atomic mass is 32.2. The van der Waals surface area contributed by atoms with Gasteiger partial charge < -0.3 is 10.5 Å². The summed E-state index contributed by atoms with van der Waals surface area (Å²) in [7, 11) is -3.42. The van der Waals surface area contributed by atoms with E-state index in [-0.39, 0.29) is 11.5 Å². The molecule has 2 aliphatic heterocycles. The topological polar surface area (TPSA) is 75.9 Å². The van der Waals surface area contributed by atoms with E-state index < -0.39 is 15.8 Å². The molecule has 0 aliphatic carbocycles. The second-order valence-corrected chi connectivity index (χ2v) is 9.10. The SMILES string of the molecule is CC1(C)CN(S(=O)(=O)N2CCC(N)C(C)(C)C2)CCO1. The van der Waals surface area contributed by atoms with Gasteiger partial charge in [-0.2, -0.15) is 17.0 Å². The zero-order valence-electron chi connectivity index (χ0n) is 12.9. The van der Waals surface area contributed by atoms with Gasteiger partial charge in [0.15, 0.2) is 0 Å². The van der Waals surface area contributed by atoms with Crippen molar-refractivity contribution >= 4 is 10.2 Å². The largest absolute Gasteiger partial charge is 0.373 e. The molecule has 7 heteroatoms. The third-order valence-electron chi connectivity index (χ3n) is 4.32. The van der Waals surface area contributed by atoms with Crippen LogP contribution in [0.15, 0.2) is 0 Å². The molecule has 2 saturated heterocycles. The average molecular weight is 305 g/mol. The predicted octanol–water partition coefficient (Wildman–Crippen LogP) is 0.401. The summed E-state index contributed by atoms with van der Waals surface area (Å²) >= 11 is 0. The molecule has 1 unspecified atom stereocenters. The number of nitrogens with zero attached hydrogens (tertiary/aromatic N) is 2. The highest BCUT2D eigenvalue weighted by Gasteiger charge is 2.42. The molecular weight excluding hydrogens is 278 g/mol. The highest BCUT2D eigenvalue weighted by Crippen LogP contribution is 2.31. The lowest BCUT2D eigenvalue weighted by Gasteiger charge is -2.45. The van der Waals surface area contributed by atoms with E-state index in [1.807, 2.05) is 27.7 Å². The monoisotopic (exact) mass is 305 g/mol. The van der Waals surface area contributed by atoms with Crippen LogP contribution in [0.2, 0.25) is 0 Å². The van der Waals surface area contributed by atoms with Crippen molar-refractivity contribution < 1.29 is 13.2 Å². The number of morpholine rings is 1. The van der Waals surface area contributed by atoms with Crippen LogP contribution in [0.4, 0.5) is 0 Å². The maximum absolute atomic E-state index is 12.8. The Bertz CT molecular complexity index is 461. The van der Waals surface area contributed by atoms with Crippen molar-refractivity contribution in [3.8, 4) is 0 Å². The van der Waals surface area contributed by atoms with E-state index in [1.165, 1.54) is 0 Å². The molecule has 0 bridgehead atoms. The number of nitrogens with two attached hydrogens (primary N) is 1. The molecule has 2 heterocycles. The van der Waals surface area contributed by atoms with Gasteiger partial charge in [0.1, 0.15) is 0 Å². The van der Waals surface area contributed by atoms with Crippen LogP contribution in [0.1, 0.15) is 34.1 Å². The minimum Gasteiger partial charge on any atom is -0.373 e. The van der Waals surface area contributed by atoms with Gasteiger partial charge in [0, 0.05) is 32.2 Å². The molecule has 2 fully saturated rings. The number of hydrogen-bond donors (Lipinski definition) is 1. The maximum Gasteiger partial charge on any atom is 0.282 e. The standard InChI is InChI=1S/C13H27N3O3S/c1-12(2)9-15(6-5-11(12)14)20(17,18)16-7-8-19-13(3,4)10-16/h11H,5-10,14H2,1-4H3. The van der Waals surface area contributed by atoms with Crippen molar-refractivity contribution in [1.82, 2.24) is 8.61 Å². The zero-order valence-corrected chi connectivity index (χ0v) is 13.7. The third-order valence-corrected chi connectivity index (χ3v) is 6.25. The Balaban J connectivity index is 2.15. The molecule has 0 saturated carbocycles. The molecule has 2 aliphatic rings. The summed E-state index contributed by atoms with van der Waals surface area (Å²) in [6.45, 7) is 10.2. The van der Waals surface area contributed by atoms with E-state index >= 15 is 0 Å². The Morgan fingerprint density at radius 3 is 2.25 bits per heavy atom. The lowest BCUT2D eigenvalue weighted by atomic mass is 9.81. The van der Waals surface area contributed by atoms with Gasteiger partial charge in [0.05, 0.1) is 12.2 Å². The van der Waals surface area contributed by atoms with Gasteiger partial charge in [-0.3, -0.25) is 0 Å². The Labute approximate surface area is 122 Å².